The summed E-state index contributed by atoms with van der Waals surface area (Å²) < 4.78 is 5.38. The predicted octanol–water partition coefficient (Wildman–Crippen LogP) is 4.50. The molecule has 1 amide bonds. The molecule has 0 saturated heterocycles. The number of halogens is 1. The number of nitrogens with zero attached hydrogens (tertiary/aromatic N) is 2. The van der Waals surface area contributed by atoms with Crippen molar-refractivity contribution in [3.8, 4) is 22.8 Å². The van der Waals surface area contributed by atoms with Gasteiger partial charge in [0.05, 0.1) is 10.6 Å². The minimum atomic E-state index is -0.0514. The molecular formula is C20H21ClN4O2. The van der Waals surface area contributed by atoms with E-state index in [4.69, 9.17) is 21.9 Å². The number of rotatable bonds is 6. The highest BCUT2D eigenvalue weighted by Crippen LogP contribution is 2.31. The highest BCUT2D eigenvalue weighted by atomic mass is 35.5. The lowest BCUT2D eigenvalue weighted by atomic mass is 10.1. The minimum Gasteiger partial charge on any atom is -0.334 e. The van der Waals surface area contributed by atoms with E-state index in [1.807, 2.05) is 38.1 Å². The quantitative estimate of drug-likeness (QED) is 0.652. The van der Waals surface area contributed by atoms with E-state index in [2.05, 4.69) is 15.5 Å². The van der Waals surface area contributed by atoms with E-state index >= 15 is 0 Å². The van der Waals surface area contributed by atoms with E-state index in [1.54, 1.807) is 18.2 Å². The number of nitrogens with one attached hydrogen (secondary N) is 1. The van der Waals surface area contributed by atoms with Gasteiger partial charge in [0, 0.05) is 24.2 Å². The number of amides is 1. The molecule has 0 unspecified atom stereocenters. The third-order valence-electron chi connectivity index (χ3n) is 3.95. The van der Waals surface area contributed by atoms with Crippen molar-refractivity contribution in [1.29, 1.82) is 0 Å². The van der Waals surface area contributed by atoms with E-state index in [0.29, 0.717) is 35.1 Å². The number of carbonyl (C=O) groups excluding carboxylic acids is 1. The predicted molar refractivity (Wildman–Crippen MR) is 106 cm³/mol. The molecule has 0 spiro atoms. The third kappa shape index (κ3) is 4.72. The molecule has 3 aromatic rings. The van der Waals surface area contributed by atoms with Gasteiger partial charge < -0.3 is 15.6 Å². The Morgan fingerprint density at radius 2 is 1.96 bits per heavy atom. The molecule has 0 fully saturated rings. The number of nitrogens with two attached hydrogens (primary N) is 1. The first-order valence-corrected chi connectivity index (χ1v) is 9.07. The van der Waals surface area contributed by atoms with Crippen LogP contribution in [0.5, 0.6) is 0 Å². The number of hydrogen-bond acceptors (Lipinski definition) is 5. The summed E-state index contributed by atoms with van der Waals surface area (Å²) in [5, 5.41) is 7.35. The largest absolute Gasteiger partial charge is 0.334 e. The molecule has 3 rings (SSSR count). The van der Waals surface area contributed by atoms with Gasteiger partial charge in [0.15, 0.2) is 0 Å². The van der Waals surface area contributed by atoms with Crippen LogP contribution >= 0.6 is 11.6 Å². The summed E-state index contributed by atoms with van der Waals surface area (Å²) in [6, 6.07) is 12.8. The topological polar surface area (TPSA) is 94.0 Å². The van der Waals surface area contributed by atoms with Crippen LogP contribution in [0.2, 0.25) is 5.02 Å². The minimum absolute atomic E-state index is 0.0514. The normalized spacial score (nSPS) is 11.0. The molecule has 1 aromatic heterocycles. The SMILES string of the molecule is CC(C)CC(=O)Nc1ccc(Cl)c(-c2nc(-c3ccc(CN)cc3)no2)c1. The number of benzene rings is 2. The van der Waals surface area contributed by atoms with E-state index in [1.165, 1.54) is 0 Å². The Kier molecular flexibility index (Phi) is 5.88. The summed E-state index contributed by atoms with van der Waals surface area (Å²) in [7, 11) is 0. The second-order valence-corrected chi connectivity index (χ2v) is 7.07. The Bertz CT molecular complexity index is 935. The Labute approximate surface area is 162 Å². The second-order valence-electron chi connectivity index (χ2n) is 6.66. The van der Waals surface area contributed by atoms with Crippen molar-refractivity contribution in [2.75, 3.05) is 5.32 Å². The maximum atomic E-state index is 12.0. The Morgan fingerprint density at radius 1 is 1.22 bits per heavy atom. The first kappa shape index (κ1) is 19.1. The van der Waals surface area contributed by atoms with E-state index in [-0.39, 0.29) is 17.7 Å². The zero-order valence-electron chi connectivity index (χ0n) is 15.2. The number of aromatic nitrogens is 2. The molecule has 0 aliphatic carbocycles. The maximum absolute atomic E-state index is 12.0. The van der Waals surface area contributed by atoms with Crippen LogP contribution in [0.25, 0.3) is 22.8 Å². The van der Waals surface area contributed by atoms with Crippen molar-refractivity contribution in [3.05, 3.63) is 53.1 Å². The molecule has 2 aromatic carbocycles. The highest BCUT2D eigenvalue weighted by molar-refractivity contribution is 6.33. The fourth-order valence-corrected chi connectivity index (χ4v) is 2.79. The van der Waals surface area contributed by atoms with Gasteiger partial charge >= 0.3 is 0 Å². The molecule has 1 heterocycles. The van der Waals surface area contributed by atoms with Crippen molar-refractivity contribution >= 4 is 23.2 Å². The van der Waals surface area contributed by atoms with E-state index < -0.39 is 0 Å². The molecule has 0 aliphatic heterocycles. The standard InChI is InChI=1S/C20H21ClN4O2/c1-12(2)9-18(26)23-15-7-8-17(21)16(10-15)20-24-19(25-27-20)14-5-3-13(11-22)4-6-14/h3-8,10,12H,9,11,22H2,1-2H3,(H,23,26). The van der Waals surface area contributed by atoms with Gasteiger partial charge in [0.25, 0.3) is 5.89 Å². The highest BCUT2D eigenvalue weighted by Gasteiger charge is 2.15. The number of carbonyl (C=O) groups is 1. The Balaban J connectivity index is 1.84. The van der Waals surface area contributed by atoms with Gasteiger partial charge in [-0.25, -0.2) is 0 Å². The molecular weight excluding hydrogens is 364 g/mol. The number of anilines is 1. The summed E-state index contributed by atoms with van der Waals surface area (Å²) in [6.07, 6.45) is 0.446. The fraction of sp³-hybridized carbons (Fsp3) is 0.250. The molecule has 7 heteroatoms. The Hall–Kier alpha value is -2.70. The monoisotopic (exact) mass is 384 g/mol. The summed E-state index contributed by atoms with van der Waals surface area (Å²) in [5.41, 5.74) is 8.66. The van der Waals surface area contributed by atoms with Crippen molar-refractivity contribution in [3.63, 3.8) is 0 Å². The molecule has 27 heavy (non-hydrogen) atoms. The lowest BCUT2D eigenvalue weighted by molar-refractivity contribution is -0.116. The van der Waals surface area contributed by atoms with Crippen LogP contribution in [0, 0.1) is 5.92 Å². The van der Waals surface area contributed by atoms with Crippen LogP contribution in [-0.4, -0.2) is 16.0 Å². The first-order chi connectivity index (χ1) is 13.0. The van der Waals surface area contributed by atoms with Crippen molar-refractivity contribution in [2.24, 2.45) is 11.7 Å². The average Bonchev–Trinajstić information content (AvgIpc) is 3.12. The van der Waals surface area contributed by atoms with Crippen LogP contribution in [0.15, 0.2) is 47.0 Å². The lowest BCUT2D eigenvalue weighted by Crippen LogP contribution is -2.13. The zero-order valence-corrected chi connectivity index (χ0v) is 16.0. The fourth-order valence-electron chi connectivity index (χ4n) is 2.59. The van der Waals surface area contributed by atoms with Crippen LogP contribution in [-0.2, 0) is 11.3 Å². The van der Waals surface area contributed by atoms with Gasteiger partial charge in [0.2, 0.25) is 11.7 Å². The van der Waals surface area contributed by atoms with Gasteiger partial charge in [-0.2, -0.15) is 4.98 Å². The second kappa shape index (κ2) is 8.33. The van der Waals surface area contributed by atoms with Gasteiger partial charge in [-0.3, -0.25) is 4.79 Å². The molecule has 6 nitrogen and oxygen atoms in total. The van der Waals surface area contributed by atoms with Crippen LogP contribution < -0.4 is 11.1 Å². The van der Waals surface area contributed by atoms with Crippen molar-refractivity contribution in [1.82, 2.24) is 10.1 Å². The molecule has 3 N–H and O–H groups in total. The van der Waals surface area contributed by atoms with Gasteiger partial charge in [0.1, 0.15) is 0 Å². The molecule has 0 atom stereocenters. The van der Waals surface area contributed by atoms with Gasteiger partial charge in [-0.15, -0.1) is 0 Å². The average molecular weight is 385 g/mol. The summed E-state index contributed by atoms with van der Waals surface area (Å²) in [4.78, 5) is 16.4. The van der Waals surface area contributed by atoms with Crippen LogP contribution in [0.4, 0.5) is 5.69 Å². The van der Waals surface area contributed by atoms with Gasteiger partial charge in [-0.1, -0.05) is 54.9 Å². The maximum Gasteiger partial charge on any atom is 0.259 e. The van der Waals surface area contributed by atoms with Crippen LogP contribution in [0.1, 0.15) is 25.8 Å². The van der Waals surface area contributed by atoms with Crippen LogP contribution in [0.3, 0.4) is 0 Å². The Morgan fingerprint density at radius 3 is 2.63 bits per heavy atom. The van der Waals surface area contributed by atoms with E-state index in [9.17, 15) is 4.79 Å². The summed E-state index contributed by atoms with van der Waals surface area (Å²) in [6.45, 7) is 4.46. The summed E-state index contributed by atoms with van der Waals surface area (Å²) >= 11 is 6.29. The molecule has 0 saturated carbocycles. The number of hydrogen-bond donors (Lipinski definition) is 2. The summed E-state index contributed by atoms with van der Waals surface area (Å²) in [5.74, 6) is 0.974. The lowest BCUT2D eigenvalue weighted by Gasteiger charge is -2.08. The van der Waals surface area contributed by atoms with Gasteiger partial charge in [-0.05, 0) is 29.7 Å². The van der Waals surface area contributed by atoms with Crippen molar-refractivity contribution in [2.45, 2.75) is 26.8 Å². The molecule has 0 radical (unpaired) electrons. The smallest absolute Gasteiger partial charge is 0.259 e. The molecule has 0 bridgehead atoms. The molecule has 0 aliphatic rings. The van der Waals surface area contributed by atoms with Crippen molar-refractivity contribution < 1.29 is 9.32 Å². The third-order valence-corrected chi connectivity index (χ3v) is 4.28. The first-order valence-electron chi connectivity index (χ1n) is 8.69. The van der Waals surface area contributed by atoms with E-state index in [0.717, 1.165) is 11.1 Å². The zero-order chi connectivity index (χ0) is 19.4. The molecule has 140 valence electrons.